The predicted octanol–water partition coefficient (Wildman–Crippen LogP) is 3.06. The maximum atomic E-state index is 11.5. The molecule has 0 unspecified atom stereocenters. The Kier molecular flexibility index (Phi) is 5.63. The lowest BCUT2D eigenvalue weighted by Gasteiger charge is -2.05. The second kappa shape index (κ2) is 6.76. The third-order valence-corrected chi connectivity index (χ3v) is 3.27. The zero-order valence-corrected chi connectivity index (χ0v) is 10.9. The van der Waals surface area contributed by atoms with Crippen LogP contribution in [0.25, 0.3) is 0 Å². The van der Waals surface area contributed by atoms with Crippen molar-refractivity contribution in [2.24, 2.45) is 5.92 Å². The molecule has 0 aliphatic carbocycles. The van der Waals surface area contributed by atoms with E-state index in [0.29, 0.717) is 22.5 Å². The third-order valence-electron chi connectivity index (χ3n) is 1.68. The summed E-state index contributed by atoms with van der Waals surface area (Å²) in [6.07, 6.45) is 1.51. The molecule has 16 heavy (non-hydrogen) atoms. The largest absolute Gasteiger partial charge is 0.310 e. The molecule has 0 saturated carbocycles. The molecule has 0 atom stereocenters. The van der Waals surface area contributed by atoms with Crippen LogP contribution >= 0.6 is 23.4 Å². The SMILES string of the molecule is CC(C)CSCC(=O)Nc1ccc(Cl)cn1. The van der Waals surface area contributed by atoms with Crippen molar-refractivity contribution < 1.29 is 4.79 Å². The summed E-state index contributed by atoms with van der Waals surface area (Å²) in [7, 11) is 0. The Morgan fingerprint density at radius 1 is 1.56 bits per heavy atom. The summed E-state index contributed by atoms with van der Waals surface area (Å²) >= 11 is 7.31. The third kappa shape index (κ3) is 5.37. The topological polar surface area (TPSA) is 42.0 Å². The van der Waals surface area contributed by atoms with Gasteiger partial charge >= 0.3 is 0 Å². The van der Waals surface area contributed by atoms with Gasteiger partial charge in [0.25, 0.3) is 0 Å². The van der Waals surface area contributed by atoms with Gasteiger partial charge < -0.3 is 5.32 Å². The van der Waals surface area contributed by atoms with Crippen molar-refractivity contribution in [3.63, 3.8) is 0 Å². The molecule has 0 aliphatic heterocycles. The summed E-state index contributed by atoms with van der Waals surface area (Å²) in [4.78, 5) is 15.5. The zero-order chi connectivity index (χ0) is 12.0. The van der Waals surface area contributed by atoms with E-state index in [9.17, 15) is 4.79 Å². The molecule has 88 valence electrons. The van der Waals surface area contributed by atoms with Gasteiger partial charge in [-0.15, -0.1) is 0 Å². The fourth-order valence-corrected chi connectivity index (χ4v) is 1.97. The summed E-state index contributed by atoms with van der Waals surface area (Å²) in [5, 5.41) is 3.28. The van der Waals surface area contributed by atoms with Crippen LogP contribution in [0.3, 0.4) is 0 Å². The second-order valence-electron chi connectivity index (χ2n) is 3.82. The van der Waals surface area contributed by atoms with Gasteiger partial charge in [-0.3, -0.25) is 4.79 Å². The number of amides is 1. The smallest absolute Gasteiger partial charge is 0.235 e. The summed E-state index contributed by atoms with van der Waals surface area (Å²) in [6, 6.07) is 3.39. The van der Waals surface area contributed by atoms with Crippen LogP contribution in [0.4, 0.5) is 5.82 Å². The Morgan fingerprint density at radius 3 is 2.88 bits per heavy atom. The van der Waals surface area contributed by atoms with Crippen LogP contribution < -0.4 is 5.32 Å². The number of nitrogens with zero attached hydrogens (tertiary/aromatic N) is 1. The maximum absolute atomic E-state index is 11.5. The predicted molar refractivity (Wildman–Crippen MR) is 70.0 cm³/mol. The van der Waals surface area contributed by atoms with E-state index in [0.717, 1.165) is 5.75 Å². The van der Waals surface area contributed by atoms with Crippen LogP contribution in [0.5, 0.6) is 0 Å². The molecule has 1 aromatic rings. The highest BCUT2D eigenvalue weighted by Crippen LogP contribution is 2.11. The Bertz CT molecular complexity index is 340. The number of rotatable bonds is 5. The molecule has 0 radical (unpaired) electrons. The van der Waals surface area contributed by atoms with Crippen LogP contribution in [-0.2, 0) is 4.79 Å². The van der Waals surface area contributed by atoms with Crippen molar-refractivity contribution in [2.45, 2.75) is 13.8 Å². The minimum atomic E-state index is -0.0273. The van der Waals surface area contributed by atoms with Gasteiger partial charge in [-0.2, -0.15) is 11.8 Å². The molecule has 1 amide bonds. The Labute approximate surface area is 105 Å². The van der Waals surface area contributed by atoms with Crippen molar-refractivity contribution >= 4 is 35.1 Å². The van der Waals surface area contributed by atoms with Gasteiger partial charge in [0.2, 0.25) is 5.91 Å². The number of nitrogens with one attached hydrogen (secondary N) is 1. The molecule has 0 fully saturated rings. The van der Waals surface area contributed by atoms with Crippen molar-refractivity contribution in [3.8, 4) is 0 Å². The van der Waals surface area contributed by atoms with Crippen LogP contribution in [0.2, 0.25) is 5.02 Å². The van der Waals surface area contributed by atoms with E-state index in [-0.39, 0.29) is 5.91 Å². The van der Waals surface area contributed by atoms with Crippen LogP contribution in [0.1, 0.15) is 13.8 Å². The van der Waals surface area contributed by atoms with E-state index in [1.807, 2.05) is 0 Å². The number of carbonyl (C=O) groups is 1. The summed E-state index contributed by atoms with van der Waals surface area (Å²) in [5.74, 6) is 2.57. The molecule has 5 heteroatoms. The monoisotopic (exact) mass is 258 g/mol. The highest BCUT2D eigenvalue weighted by atomic mass is 35.5. The fraction of sp³-hybridized carbons (Fsp3) is 0.455. The molecule has 0 saturated heterocycles. The highest BCUT2D eigenvalue weighted by molar-refractivity contribution is 7.99. The van der Waals surface area contributed by atoms with Gasteiger partial charge in [0.1, 0.15) is 5.82 Å². The van der Waals surface area contributed by atoms with Gasteiger partial charge in [-0.1, -0.05) is 25.4 Å². The first-order valence-electron chi connectivity index (χ1n) is 5.07. The quantitative estimate of drug-likeness (QED) is 0.883. The molecule has 1 aromatic heterocycles. The van der Waals surface area contributed by atoms with E-state index in [1.54, 1.807) is 23.9 Å². The molecule has 3 nitrogen and oxygen atoms in total. The second-order valence-corrected chi connectivity index (χ2v) is 5.29. The minimum Gasteiger partial charge on any atom is -0.310 e. The Balaban J connectivity index is 2.31. The van der Waals surface area contributed by atoms with Gasteiger partial charge in [0, 0.05) is 6.20 Å². The van der Waals surface area contributed by atoms with E-state index in [2.05, 4.69) is 24.1 Å². The fourth-order valence-electron chi connectivity index (χ4n) is 1.02. The maximum Gasteiger partial charge on any atom is 0.235 e. The molecule has 1 rings (SSSR count). The van der Waals surface area contributed by atoms with Crippen molar-refractivity contribution in [2.75, 3.05) is 16.8 Å². The number of halogens is 1. The number of hydrogen-bond acceptors (Lipinski definition) is 3. The molecular weight excluding hydrogens is 244 g/mol. The summed E-state index contributed by atoms with van der Waals surface area (Å²) in [6.45, 7) is 4.26. The van der Waals surface area contributed by atoms with Crippen LogP contribution in [-0.4, -0.2) is 22.4 Å². The summed E-state index contributed by atoms with van der Waals surface area (Å²) < 4.78 is 0. The number of pyridine rings is 1. The lowest BCUT2D eigenvalue weighted by Crippen LogP contribution is -2.15. The van der Waals surface area contributed by atoms with Crippen molar-refractivity contribution in [3.05, 3.63) is 23.4 Å². The molecule has 1 N–H and O–H groups in total. The highest BCUT2D eigenvalue weighted by Gasteiger charge is 2.04. The van der Waals surface area contributed by atoms with Crippen molar-refractivity contribution in [1.29, 1.82) is 0 Å². The summed E-state index contributed by atoms with van der Waals surface area (Å²) in [5.41, 5.74) is 0. The normalized spacial score (nSPS) is 10.5. The first kappa shape index (κ1) is 13.3. The molecule has 0 bridgehead atoms. The Hall–Kier alpha value is -0.740. The average Bonchev–Trinajstić information content (AvgIpc) is 2.21. The number of carbonyl (C=O) groups excluding carboxylic acids is 1. The minimum absolute atomic E-state index is 0.0273. The lowest BCUT2D eigenvalue weighted by atomic mass is 10.3. The molecular formula is C11H15ClN2OS. The average molecular weight is 259 g/mol. The van der Waals surface area contributed by atoms with Crippen LogP contribution in [0, 0.1) is 5.92 Å². The Morgan fingerprint density at radius 2 is 2.31 bits per heavy atom. The number of anilines is 1. The first-order valence-corrected chi connectivity index (χ1v) is 6.60. The first-order chi connectivity index (χ1) is 7.58. The van der Waals surface area contributed by atoms with Gasteiger partial charge in [-0.25, -0.2) is 4.98 Å². The standard InChI is InChI=1S/C11H15ClN2OS/c1-8(2)6-16-7-11(15)14-10-4-3-9(12)5-13-10/h3-5,8H,6-7H2,1-2H3,(H,13,14,15). The van der Waals surface area contributed by atoms with E-state index in [1.165, 1.54) is 6.20 Å². The number of thioether (sulfide) groups is 1. The van der Waals surface area contributed by atoms with Gasteiger partial charge in [0.05, 0.1) is 10.8 Å². The molecule has 1 heterocycles. The molecule has 0 aromatic carbocycles. The van der Waals surface area contributed by atoms with Gasteiger partial charge in [-0.05, 0) is 23.8 Å². The van der Waals surface area contributed by atoms with Crippen LogP contribution in [0.15, 0.2) is 18.3 Å². The lowest BCUT2D eigenvalue weighted by molar-refractivity contribution is -0.113. The van der Waals surface area contributed by atoms with Gasteiger partial charge in [0.15, 0.2) is 0 Å². The molecule has 0 spiro atoms. The zero-order valence-electron chi connectivity index (χ0n) is 9.37. The molecule has 0 aliphatic rings. The van der Waals surface area contributed by atoms with E-state index < -0.39 is 0 Å². The number of aromatic nitrogens is 1. The number of hydrogen-bond donors (Lipinski definition) is 1. The van der Waals surface area contributed by atoms with E-state index >= 15 is 0 Å². The van der Waals surface area contributed by atoms with Crippen molar-refractivity contribution in [1.82, 2.24) is 4.98 Å². The van der Waals surface area contributed by atoms with E-state index in [4.69, 9.17) is 11.6 Å².